The first-order valence-corrected chi connectivity index (χ1v) is 7.25. The van der Waals surface area contributed by atoms with Crippen LogP contribution in [0.15, 0.2) is 59.7 Å². The van der Waals surface area contributed by atoms with E-state index in [4.69, 9.17) is 0 Å². The Kier molecular flexibility index (Phi) is 3.30. The van der Waals surface area contributed by atoms with E-state index in [1.807, 2.05) is 36.8 Å². The van der Waals surface area contributed by atoms with Gasteiger partial charge in [0.25, 0.3) is 0 Å². The molecule has 4 rings (SSSR count). The maximum Gasteiger partial charge on any atom is 0.0809 e. The topological polar surface area (TPSA) is 25.8 Å². The number of hydrogen-bond donors (Lipinski definition) is 0. The molecule has 0 N–H and O–H groups in total. The predicted molar refractivity (Wildman–Crippen MR) is 79.2 cm³/mol. The molecular weight excluding hydrogens is 260 g/mol. The van der Waals surface area contributed by atoms with Crippen molar-refractivity contribution in [2.45, 2.75) is 0 Å². The second-order valence-corrected chi connectivity index (χ2v) is 5.54. The lowest BCUT2D eigenvalue weighted by atomic mass is 10.3. The van der Waals surface area contributed by atoms with Gasteiger partial charge in [-0.25, -0.2) is 0 Å². The van der Waals surface area contributed by atoms with Crippen LogP contribution in [0.2, 0.25) is 0 Å². The lowest BCUT2D eigenvalue weighted by Crippen LogP contribution is -1.65. The predicted octanol–water partition coefficient (Wildman–Crippen LogP) is 4.59. The van der Waals surface area contributed by atoms with E-state index in [9.17, 15) is 0 Å². The van der Waals surface area contributed by atoms with Crippen LogP contribution in [0.1, 0.15) is 0 Å². The van der Waals surface area contributed by atoms with Gasteiger partial charge in [0.15, 0.2) is 0 Å². The molecule has 4 heteroatoms. The van der Waals surface area contributed by atoms with Gasteiger partial charge in [0.05, 0.1) is 14.9 Å². The van der Waals surface area contributed by atoms with E-state index in [0.29, 0.717) is 0 Å². The fraction of sp³-hybridized carbons (Fsp3) is 0. The Hall–Kier alpha value is -1.78. The third-order valence-electron chi connectivity index (χ3n) is 2.48. The average molecular weight is 270 g/mol. The van der Waals surface area contributed by atoms with Gasteiger partial charge in [-0.2, -0.15) is 0 Å². The van der Waals surface area contributed by atoms with Gasteiger partial charge >= 0.3 is 0 Å². The van der Waals surface area contributed by atoms with E-state index in [-0.39, 0.29) is 0 Å². The zero-order valence-corrected chi connectivity index (χ0v) is 11.1. The minimum Gasteiger partial charge on any atom is -0.263 e. The molecule has 0 bridgehead atoms. The molecule has 0 aliphatic heterocycles. The summed E-state index contributed by atoms with van der Waals surface area (Å²) in [5.41, 5.74) is 1.10. The summed E-state index contributed by atoms with van der Waals surface area (Å²) in [6.45, 7) is 0. The zero-order chi connectivity index (χ0) is 12.2. The van der Waals surface area contributed by atoms with Crippen molar-refractivity contribution in [1.82, 2.24) is 9.97 Å². The van der Waals surface area contributed by atoms with Crippen molar-refractivity contribution in [3.8, 4) is 0 Å². The first-order valence-electron chi connectivity index (χ1n) is 5.49. The van der Waals surface area contributed by atoms with Crippen molar-refractivity contribution < 1.29 is 0 Å². The van der Waals surface area contributed by atoms with Gasteiger partial charge in [-0.05, 0) is 46.5 Å². The molecule has 0 aliphatic rings. The molecule has 0 saturated heterocycles. The standard InChI is InChI=1S/2C7H5NS/c1-3-8-5-7-6(1)2-4-9-7;1-2-7-6(8-4-1)3-5-9-7/h2*1-5H. The van der Waals surface area contributed by atoms with Crippen LogP contribution in [0.3, 0.4) is 0 Å². The molecule has 0 atom stereocenters. The van der Waals surface area contributed by atoms with Crippen LogP contribution in [-0.2, 0) is 0 Å². The van der Waals surface area contributed by atoms with E-state index in [1.54, 1.807) is 22.7 Å². The minimum absolute atomic E-state index is 1.10. The molecule has 0 aromatic carbocycles. The highest BCUT2D eigenvalue weighted by Gasteiger charge is 1.90. The lowest BCUT2D eigenvalue weighted by molar-refractivity contribution is 1.37. The molecule has 4 heterocycles. The molecule has 0 unspecified atom stereocenters. The van der Waals surface area contributed by atoms with Crippen molar-refractivity contribution in [1.29, 1.82) is 0 Å². The van der Waals surface area contributed by atoms with Crippen LogP contribution in [-0.4, -0.2) is 9.97 Å². The molecule has 4 aromatic heterocycles. The van der Waals surface area contributed by atoms with Crippen molar-refractivity contribution in [2.75, 3.05) is 0 Å². The number of aromatic nitrogens is 2. The van der Waals surface area contributed by atoms with E-state index < -0.39 is 0 Å². The van der Waals surface area contributed by atoms with Crippen molar-refractivity contribution >= 4 is 43.0 Å². The van der Waals surface area contributed by atoms with Gasteiger partial charge in [-0.3, -0.25) is 9.97 Å². The molecule has 2 nitrogen and oxygen atoms in total. The van der Waals surface area contributed by atoms with E-state index in [0.717, 1.165) is 5.52 Å². The number of thiophene rings is 2. The smallest absolute Gasteiger partial charge is 0.0809 e. The van der Waals surface area contributed by atoms with Gasteiger partial charge < -0.3 is 0 Å². The van der Waals surface area contributed by atoms with Crippen molar-refractivity contribution in [2.24, 2.45) is 0 Å². The van der Waals surface area contributed by atoms with Crippen LogP contribution in [0.4, 0.5) is 0 Å². The molecule has 0 fully saturated rings. The summed E-state index contributed by atoms with van der Waals surface area (Å²) in [6.07, 6.45) is 5.52. The summed E-state index contributed by atoms with van der Waals surface area (Å²) >= 11 is 3.45. The summed E-state index contributed by atoms with van der Waals surface area (Å²) in [4.78, 5) is 8.15. The highest BCUT2D eigenvalue weighted by atomic mass is 32.1. The van der Waals surface area contributed by atoms with Gasteiger partial charge in [0.2, 0.25) is 0 Å². The Labute approximate surface area is 113 Å². The summed E-state index contributed by atoms with van der Waals surface area (Å²) in [5, 5.41) is 5.42. The van der Waals surface area contributed by atoms with Gasteiger partial charge in [-0.1, -0.05) is 0 Å². The highest BCUT2D eigenvalue weighted by Crippen LogP contribution is 2.17. The number of rotatable bonds is 0. The number of nitrogens with zero attached hydrogens (tertiary/aromatic N) is 2. The van der Waals surface area contributed by atoms with Crippen LogP contribution in [0, 0.1) is 0 Å². The Morgan fingerprint density at radius 3 is 2.61 bits per heavy atom. The summed E-state index contributed by atoms with van der Waals surface area (Å²) < 4.78 is 2.52. The normalized spacial score (nSPS) is 10.2. The Morgan fingerprint density at radius 1 is 0.833 bits per heavy atom. The third-order valence-corrected chi connectivity index (χ3v) is 4.22. The molecule has 88 valence electrons. The molecule has 0 amide bonds. The molecule has 0 saturated carbocycles. The first-order chi connectivity index (χ1) is 8.93. The molecular formula is C14H10N2S2. The van der Waals surface area contributed by atoms with Gasteiger partial charge in [0.1, 0.15) is 0 Å². The van der Waals surface area contributed by atoms with E-state index in [1.165, 1.54) is 14.8 Å². The minimum atomic E-state index is 1.10. The molecule has 0 spiro atoms. The molecule has 4 aromatic rings. The quantitative estimate of drug-likeness (QED) is 0.467. The van der Waals surface area contributed by atoms with Crippen LogP contribution < -0.4 is 0 Å². The maximum atomic E-state index is 4.15. The Morgan fingerprint density at radius 2 is 1.72 bits per heavy atom. The third kappa shape index (κ3) is 2.39. The van der Waals surface area contributed by atoms with Crippen LogP contribution >= 0.6 is 22.7 Å². The Balaban J connectivity index is 0.000000111. The summed E-state index contributed by atoms with van der Waals surface area (Å²) in [6, 6.07) is 10.2. The van der Waals surface area contributed by atoms with E-state index in [2.05, 4.69) is 32.9 Å². The molecule has 0 aliphatic carbocycles. The van der Waals surface area contributed by atoms with Crippen molar-refractivity contribution in [3.63, 3.8) is 0 Å². The van der Waals surface area contributed by atoms with Crippen molar-refractivity contribution in [3.05, 3.63) is 59.7 Å². The first kappa shape index (κ1) is 11.3. The van der Waals surface area contributed by atoms with Gasteiger partial charge in [-0.15, -0.1) is 22.7 Å². The fourth-order valence-electron chi connectivity index (χ4n) is 1.61. The zero-order valence-electron chi connectivity index (χ0n) is 9.48. The number of fused-ring (bicyclic) bond motifs is 2. The van der Waals surface area contributed by atoms with E-state index >= 15 is 0 Å². The Bertz CT molecular complexity index is 632. The maximum absolute atomic E-state index is 4.15. The summed E-state index contributed by atoms with van der Waals surface area (Å²) in [7, 11) is 0. The fourth-order valence-corrected chi connectivity index (χ4v) is 3.10. The number of pyridine rings is 2. The average Bonchev–Trinajstić information content (AvgIpc) is 3.08. The molecule has 0 radical (unpaired) electrons. The number of hydrogen-bond acceptors (Lipinski definition) is 4. The monoisotopic (exact) mass is 270 g/mol. The second-order valence-electron chi connectivity index (χ2n) is 3.64. The SMILES string of the molecule is c1cc2ccsc2cn1.c1cnc2ccsc2c1. The largest absolute Gasteiger partial charge is 0.263 e. The highest BCUT2D eigenvalue weighted by molar-refractivity contribution is 7.17. The van der Waals surface area contributed by atoms with Crippen LogP contribution in [0.5, 0.6) is 0 Å². The van der Waals surface area contributed by atoms with Crippen LogP contribution in [0.25, 0.3) is 20.3 Å². The lowest BCUT2D eigenvalue weighted by Gasteiger charge is -1.81. The molecule has 18 heavy (non-hydrogen) atoms. The second kappa shape index (κ2) is 5.25. The summed E-state index contributed by atoms with van der Waals surface area (Å²) in [5.74, 6) is 0. The van der Waals surface area contributed by atoms with Gasteiger partial charge in [0, 0.05) is 18.6 Å².